The Morgan fingerprint density at radius 2 is 1.80 bits per heavy atom. The molecular formula is C30H30N6O4. The van der Waals surface area contributed by atoms with Crippen molar-refractivity contribution in [2.45, 2.75) is 51.5 Å². The van der Waals surface area contributed by atoms with E-state index in [0.717, 1.165) is 36.6 Å². The van der Waals surface area contributed by atoms with Gasteiger partial charge in [-0.25, -0.2) is 4.98 Å². The van der Waals surface area contributed by atoms with Crippen molar-refractivity contribution in [2.75, 3.05) is 10.2 Å². The van der Waals surface area contributed by atoms with E-state index in [1.54, 1.807) is 53.2 Å². The Morgan fingerprint density at radius 3 is 2.45 bits per heavy atom. The Bertz CT molecular complexity index is 1690. The zero-order valence-electron chi connectivity index (χ0n) is 22.1. The topological polar surface area (TPSA) is 143 Å². The van der Waals surface area contributed by atoms with Gasteiger partial charge in [-0.15, -0.1) is 0 Å². The Morgan fingerprint density at radius 1 is 1.07 bits per heavy atom. The summed E-state index contributed by atoms with van der Waals surface area (Å²) >= 11 is 0. The summed E-state index contributed by atoms with van der Waals surface area (Å²) in [6.45, 7) is 1.89. The van der Waals surface area contributed by atoms with Gasteiger partial charge in [0, 0.05) is 41.1 Å². The summed E-state index contributed by atoms with van der Waals surface area (Å²) in [6, 6.07) is 15.1. The molecular weight excluding hydrogens is 508 g/mol. The van der Waals surface area contributed by atoms with Crippen LogP contribution >= 0.6 is 0 Å². The number of fused-ring (bicyclic) bond motifs is 1. The van der Waals surface area contributed by atoms with Crippen LogP contribution in [0.15, 0.2) is 65.6 Å². The predicted molar refractivity (Wildman–Crippen MR) is 152 cm³/mol. The zero-order chi connectivity index (χ0) is 28.0. The first-order chi connectivity index (χ1) is 19.3. The van der Waals surface area contributed by atoms with E-state index in [-0.39, 0.29) is 17.4 Å². The zero-order valence-corrected chi connectivity index (χ0v) is 22.1. The van der Waals surface area contributed by atoms with E-state index in [2.05, 4.69) is 10.3 Å². The number of pyridine rings is 1. The number of phenols is 1. The van der Waals surface area contributed by atoms with Gasteiger partial charge in [-0.05, 0) is 74.6 Å². The Hall–Kier alpha value is -4.73. The third-order valence-corrected chi connectivity index (χ3v) is 7.99. The molecule has 40 heavy (non-hydrogen) atoms. The molecule has 2 amide bonds. The van der Waals surface area contributed by atoms with Crippen molar-refractivity contribution in [1.29, 1.82) is 0 Å². The first-order valence-corrected chi connectivity index (χ1v) is 13.5. The molecule has 10 heteroatoms. The van der Waals surface area contributed by atoms with Crippen molar-refractivity contribution in [2.24, 2.45) is 11.1 Å². The number of nitrogens with zero attached hydrogens (tertiary/aromatic N) is 4. The Kier molecular flexibility index (Phi) is 6.25. The van der Waals surface area contributed by atoms with Crippen LogP contribution in [0.5, 0.6) is 5.75 Å². The summed E-state index contributed by atoms with van der Waals surface area (Å²) in [4.78, 5) is 49.3. The van der Waals surface area contributed by atoms with Gasteiger partial charge in [0.05, 0.1) is 5.69 Å². The van der Waals surface area contributed by atoms with Crippen LogP contribution in [0.25, 0.3) is 11.0 Å². The lowest BCUT2D eigenvalue weighted by Gasteiger charge is -2.26. The molecule has 0 saturated heterocycles. The molecule has 4 aromatic rings. The minimum atomic E-state index is -1.24. The molecule has 0 bridgehead atoms. The number of anilines is 4. The van der Waals surface area contributed by atoms with Gasteiger partial charge in [-0.3, -0.25) is 23.9 Å². The summed E-state index contributed by atoms with van der Waals surface area (Å²) in [6.07, 6.45) is 6.62. The number of nitrogens with two attached hydrogens (primary N) is 1. The van der Waals surface area contributed by atoms with Crippen LogP contribution in [0.3, 0.4) is 0 Å². The number of phenolic OH excluding ortho intramolecular Hbond substituents is 1. The first-order valence-electron chi connectivity index (χ1n) is 13.5. The van der Waals surface area contributed by atoms with Gasteiger partial charge in [0.1, 0.15) is 16.8 Å². The summed E-state index contributed by atoms with van der Waals surface area (Å²) in [7, 11) is 0. The number of rotatable bonds is 7. The van der Waals surface area contributed by atoms with E-state index in [4.69, 9.17) is 10.7 Å². The fraction of sp³-hybridized carbons (Fsp3) is 0.300. The third-order valence-electron chi connectivity index (χ3n) is 7.99. The fourth-order valence-electron chi connectivity index (χ4n) is 5.59. The average Bonchev–Trinajstić information content (AvgIpc) is 3.59. The van der Waals surface area contributed by atoms with Gasteiger partial charge in [0.2, 0.25) is 17.8 Å². The maximum Gasteiger partial charge on any atom is 0.252 e. The van der Waals surface area contributed by atoms with E-state index in [1.165, 1.54) is 17.0 Å². The number of aryl methyl sites for hydroxylation is 1. The highest BCUT2D eigenvalue weighted by molar-refractivity contribution is 6.16. The van der Waals surface area contributed by atoms with Crippen LogP contribution in [-0.4, -0.2) is 31.5 Å². The van der Waals surface area contributed by atoms with Gasteiger partial charge in [-0.2, -0.15) is 4.98 Å². The van der Waals surface area contributed by atoms with E-state index in [0.29, 0.717) is 41.5 Å². The minimum absolute atomic E-state index is 0.00252. The monoisotopic (exact) mass is 538 g/mol. The molecule has 0 radical (unpaired) electrons. The van der Waals surface area contributed by atoms with Gasteiger partial charge in [0.25, 0.3) is 5.56 Å². The summed E-state index contributed by atoms with van der Waals surface area (Å²) < 4.78 is 1.80. The van der Waals surface area contributed by atoms with Gasteiger partial charge in [-0.1, -0.05) is 18.9 Å². The lowest BCUT2D eigenvalue weighted by molar-refractivity contribution is -0.133. The van der Waals surface area contributed by atoms with Crippen molar-refractivity contribution in [3.05, 3.63) is 76.7 Å². The average molecular weight is 539 g/mol. The third kappa shape index (κ3) is 4.45. The molecule has 2 aromatic heterocycles. The number of benzene rings is 2. The van der Waals surface area contributed by atoms with E-state index >= 15 is 0 Å². The highest BCUT2D eigenvalue weighted by Crippen LogP contribution is 2.49. The maximum atomic E-state index is 13.6. The second kappa shape index (κ2) is 9.78. The fourth-order valence-corrected chi connectivity index (χ4v) is 5.59. The van der Waals surface area contributed by atoms with Gasteiger partial charge in [0.15, 0.2) is 0 Å². The predicted octanol–water partition coefficient (Wildman–Crippen LogP) is 4.59. The van der Waals surface area contributed by atoms with Gasteiger partial charge >= 0.3 is 0 Å². The number of hydrogen-bond acceptors (Lipinski definition) is 7. The Labute approximate surface area is 230 Å². The van der Waals surface area contributed by atoms with Crippen LogP contribution in [0.1, 0.15) is 50.1 Å². The molecule has 0 aliphatic heterocycles. The largest absolute Gasteiger partial charge is 0.508 e. The van der Waals surface area contributed by atoms with Crippen LogP contribution in [0, 0.1) is 12.3 Å². The smallest absolute Gasteiger partial charge is 0.252 e. The molecule has 2 aliphatic carbocycles. The molecule has 2 aromatic carbocycles. The van der Waals surface area contributed by atoms with Crippen LogP contribution in [0.4, 0.5) is 23.0 Å². The number of primary amides is 1. The molecule has 204 valence electrons. The lowest BCUT2D eigenvalue weighted by atomic mass is 10.0. The first kappa shape index (κ1) is 25.5. The number of aromatic nitrogens is 3. The highest BCUT2D eigenvalue weighted by atomic mass is 16.3. The Balaban J connectivity index is 1.33. The second-order valence-electron chi connectivity index (χ2n) is 10.7. The number of carbonyl (C=O) groups excluding carboxylic acids is 2. The van der Waals surface area contributed by atoms with Crippen LogP contribution < -0.4 is 21.5 Å². The molecule has 0 unspecified atom stereocenters. The SMILES string of the molecule is Cc1cc(=O)n(C2CCCC2)c2nc(Nc3ccc(N(C(=O)C4(C(N)=O)CC4)c4cccc(O)c4)cc3)ncc12. The van der Waals surface area contributed by atoms with Crippen molar-refractivity contribution < 1.29 is 14.7 Å². The normalized spacial score (nSPS) is 16.1. The number of carbonyl (C=O) groups is 2. The molecule has 2 aliphatic rings. The van der Waals surface area contributed by atoms with Crippen molar-refractivity contribution in [3.8, 4) is 5.75 Å². The summed E-state index contributed by atoms with van der Waals surface area (Å²) in [5, 5.41) is 14.1. The van der Waals surface area contributed by atoms with E-state index < -0.39 is 17.2 Å². The maximum absolute atomic E-state index is 13.6. The molecule has 10 nitrogen and oxygen atoms in total. The molecule has 6 rings (SSSR count). The highest BCUT2D eigenvalue weighted by Gasteiger charge is 2.57. The van der Waals surface area contributed by atoms with Crippen molar-refractivity contribution in [3.63, 3.8) is 0 Å². The molecule has 2 saturated carbocycles. The molecule has 2 heterocycles. The van der Waals surface area contributed by atoms with Crippen LogP contribution in [-0.2, 0) is 9.59 Å². The number of hydrogen-bond donors (Lipinski definition) is 3. The summed E-state index contributed by atoms with van der Waals surface area (Å²) in [5.74, 6) is -0.731. The number of amides is 2. The van der Waals surface area contributed by atoms with Gasteiger partial charge < -0.3 is 16.2 Å². The van der Waals surface area contributed by atoms with E-state index in [1.807, 2.05) is 6.92 Å². The van der Waals surface area contributed by atoms with E-state index in [9.17, 15) is 19.5 Å². The molecule has 4 N–H and O–H groups in total. The number of nitrogens with one attached hydrogen (secondary N) is 1. The number of aromatic hydroxyl groups is 1. The summed E-state index contributed by atoms with van der Waals surface area (Å²) in [5.41, 5.74) is 7.37. The quantitative estimate of drug-likeness (QED) is 0.292. The molecule has 2 fully saturated rings. The van der Waals surface area contributed by atoms with Crippen molar-refractivity contribution >= 4 is 45.9 Å². The second-order valence-corrected chi connectivity index (χ2v) is 10.7. The molecule has 0 spiro atoms. The molecule has 0 atom stereocenters. The minimum Gasteiger partial charge on any atom is -0.508 e. The standard InChI is InChI=1S/C30H30N6O4/c1-18-15-25(38)36(20-5-2-3-6-20)26-24(18)17-32-29(34-26)33-19-9-11-21(12-10-19)35(22-7-4-8-23(37)16-22)28(40)30(13-14-30)27(31)39/h4,7-12,15-17,20,37H,2-3,5-6,13-14H2,1H3,(H2,31,39)(H,32,33,34). The van der Waals surface area contributed by atoms with Crippen molar-refractivity contribution in [1.82, 2.24) is 14.5 Å². The van der Waals surface area contributed by atoms with Crippen LogP contribution in [0.2, 0.25) is 0 Å². The lowest BCUT2D eigenvalue weighted by Crippen LogP contribution is -2.41.